The minimum atomic E-state index is -1.41. The van der Waals surface area contributed by atoms with E-state index in [0.29, 0.717) is 42.0 Å². The zero-order valence-corrected chi connectivity index (χ0v) is 16.6. The number of nitrogens with zero attached hydrogens (tertiary/aromatic N) is 1. The summed E-state index contributed by atoms with van der Waals surface area (Å²) in [6.07, 6.45) is 0.591. The van der Waals surface area contributed by atoms with Gasteiger partial charge < -0.3 is 14.4 Å². The van der Waals surface area contributed by atoms with Crippen LogP contribution in [0.3, 0.4) is 0 Å². The largest absolute Gasteiger partial charge is 0.606 e. The van der Waals surface area contributed by atoms with Gasteiger partial charge in [-0.05, 0) is 18.2 Å². The molecule has 0 saturated heterocycles. The van der Waals surface area contributed by atoms with Crippen LogP contribution in [0.4, 0.5) is 0 Å². The Bertz CT molecular complexity index is 754. The molecule has 140 valence electrons. The van der Waals surface area contributed by atoms with Gasteiger partial charge >= 0.3 is 0 Å². The average Bonchev–Trinajstić information content (AvgIpc) is 2.64. The first kappa shape index (κ1) is 19.6. The third-order valence-electron chi connectivity index (χ3n) is 4.39. The molecule has 2 aromatic rings. The van der Waals surface area contributed by atoms with Gasteiger partial charge in [0.05, 0.1) is 5.56 Å². The molecule has 1 aliphatic heterocycles. The zero-order chi connectivity index (χ0) is 18.5. The van der Waals surface area contributed by atoms with Gasteiger partial charge in [0, 0.05) is 54.6 Å². The number of alkyl halides is 2. The van der Waals surface area contributed by atoms with Gasteiger partial charge in [0.2, 0.25) is 4.90 Å². The Hall–Kier alpha value is -1.11. The summed E-state index contributed by atoms with van der Waals surface area (Å²) in [7, 11) is 0. The molecule has 0 radical (unpaired) electrons. The fourth-order valence-corrected chi connectivity index (χ4v) is 5.03. The predicted octanol–water partition coefficient (Wildman–Crippen LogP) is 3.62. The topological polar surface area (TPSA) is 55.8 Å². The summed E-state index contributed by atoms with van der Waals surface area (Å²) in [5.74, 6) is 1.80. The van der Waals surface area contributed by atoms with E-state index in [9.17, 15) is 9.66 Å². The highest BCUT2D eigenvalue weighted by molar-refractivity contribution is 7.91. The Kier molecular flexibility index (Phi) is 6.95. The number of hydrogen-bond acceptors (Lipinski definition) is 4. The molecule has 0 saturated carbocycles. The molecule has 1 atom stereocenters. The number of halogens is 2. The molecule has 0 amide bonds. The van der Waals surface area contributed by atoms with Crippen LogP contribution in [0.5, 0.6) is 11.5 Å². The van der Waals surface area contributed by atoms with Crippen molar-refractivity contribution in [3.05, 3.63) is 47.5 Å². The summed E-state index contributed by atoms with van der Waals surface area (Å²) in [6.45, 7) is 2.68. The molecule has 0 spiro atoms. The lowest BCUT2D eigenvalue weighted by molar-refractivity contribution is 0.222. The van der Waals surface area contributed by atoms with Gasteiger partial charge in [0.25, 0.3) is 0 Å². The number of aromatic hydroxyl groups is 1. The van der Waals surface area contributed by atoms with Gasteiger partial charge in [0.1, 0.15) is 12.4 Å². The Morgan fingerprint density at radius 2 is 1.81 bits per heavy atom. The van der Waals surface area contributed by atoms with Crippen molar-refractivity contribution in [2.24, 2.45) is 0 Å². The van der Waals surface area contributed by atoms with Gasteiger partial charge in [-0.25, -0.2) is 0 Å². The third-order valence-corrected chi connectivity index (χ3v) is 6.35. The molecular weight excluding hydrogens is 393 g/mol. The number of ether oxygens (including phenoxy) is 1. The summed E-state index contributed by atoms with van der Waals surface area (Å²) in [4.78, 5) is 3.35. The number of phenols is 1. The fraction of sp³-hybridized carbons (Fsp3) is 0.368. The van der Waals surface area contributed by atoms with Crippen molar-refractivity contribution in [3.63, 3.8) is 0 Å². The zero-order valence-electron chi connectivity index (χ0n) is 14.3. The van der Waals surface area contributed by atoms with E-state index in [0.717, 1.165) is 29.1 Å². The van der Waals surface area contributed by atoms with E-state index >= 15 is 0 Å². The van der Waals surface area contributed by atoms with Crippen LogP contribution >= 0.6 is 23.2 Å². The molecule has 0 fully saturated rings. The minimum Gasteiger partial charge on any atom is -0.606 e. The molecule has 3 rings (SSSR count). The molecule has 4 nitrogen and oxygen atoms in total. The SMILES string of the molecule is [O-][S+]1c2ccccc2Cc2c(OCCN(CCCl)CCCl)ccc(O)c21. The van der Waals surface area contributed by atoms with Crippen molar-refractivity contribution in [2.45, 2.75) is 16.2 Å². The fourth-order valence-electron chi connectivity index (χ4n) is 3.10. The number of rotatable bonds is 8. The quantitative estimate of drug-likeness (QED) is 0.530. The van der Waals surface area contributed by atoms with E-state index in [1.165, 1.54) is 0 Å². The van der Waals surface area contributed by atoms with Gasteiger partial charge in [-0.2, -0.15) is 0 Å². The second-order valence-corrected chi connectivity index (χ2v) is 8.15. The summed E-state index contributed by atoms with van der Waals surface area (Å²) >= 11 is 10.2. The molecule has 2 aromatic carbocycles. The first-order chi connectivity index (χ1) is 12.7. The first-order valence-electron chi connectivity index (χ1n) is 8.47. The van der Waals surface area contributed by atoms with Crippen molar-refractivity contribution in [1.82, 2.24) is 4.90 Å². The van der Waals surface area contributed by atoms with Crippen LogP contribution in [-0.2, 0) is 17.6 Å². The van der Waals surface area contributed by atoms with Crippen molar-refractivity contribution in [3.8, 4) is 11.5 Å². The second kappa shape index (κ2) is 9.20. The standard InChI is InChI=1S/C19H21Cl2NO3S/c20-7-9-22(10-8-21)11-12-25-17-6-5-16(23)19-15(17)13-14-3-1-2-4-18(14)26(19)24/h1-6,23H,7-13H2. The van der Waals surface area contributed by atoms with Crippen molar-refractivity contribution >= 4 is 34.4 Å². The monoisotopic (exact) mass is 413 g/mol. The van der Waals surface area contributed by atoms with Crippen LogP contribution in [0.1, 0.15) is 11.1 Å². The molecular formula is C19H21Cl2NO3S. The van der Waals surface area contributed by atoms with E-state index in [-0.39, 0.29) is 5.75 Å². The highest BCUT2D eigenvalue weighted by Crippen LogP contribution is 2.43. The number of benzene rings is 2. The number of phenolic OH excluding ortho intramolecular Hbond substituents is 1. The van der Waals surface area contributed by atoms with Crippen molar-refractivity contribution < 1.29 is 14.4 Å². The molecule has 0 aromatic heterocycles. The predicted molar refractivity (Wildman–Crippen MR) is 105 cm³/mol. The maximum Gasteiger partial charge on any atom is 0.207 e. The molecule has 1 unspecified atom stereocenters. The van der Waals surface area contributed by atoms with Crippen LogP contribution in [0.15, 0.2) is 46.2 Å². The number of fused-ring (bicyclic) bond motifs is 2. The van der Waals surface area contributed by atoms with Crippen LogP contribution in [-0.4, -0.2) is 52.6 Å². The van der Waals surface area contributed by atoms with Crippen molar-refractivity contribution in [2.75, 3.05) is 38.0 Å². The third kappa shape index (κ3) is 4.24. The summed E-state index contributed by atoms with van der Waals surface area (Å²) < 4.78 is 18.9. The van der Waals surface area contributed by atoms with Crippen LogP contribution in [0, 0.1) is 0 Å². The van der Waals surface area contributed by atoms with E-state index in [2.05, 4.69) is 4.90 Å². The maximum absolute atomic E-state index is 12.9. The Balaban J connectivity index is 1.78. The Morgan fingerprint density at radius 1 is 1.08 bits per heavy atom. The minimum absolute atomic E-state index is 0.0473. The van der Waals surface area contributed by atoms with Gasteiger partial charge in [-0.1, -0.05) is 18.2 Å². The average molecular weight is 414 g/mol. The summed E-state index contributed by atoms with van der Waals surface area (Å²) in [5, 5.41) is 10.2. The van der Waals surface area contributed by atoms with Crippen LogP contribution in [0.2, 0.25) is 0 Å². The Labute approximate surface area is 166 Å². The Morgan fingerprint density at radius 3 is 2.54 bits per heavy atom. The van der Waals surface area contributed by atoms with Gasteiger partial charge in [-0.3, -0.25) is 4.90 Å². The van der Waals surface area contributed by atoms with Gasteiger partial charge in [0.15, 0.2) is 10.6 Å². The highest BCUT2D eigenvalue weighted by atomic mass is 35.5. The lowest BCUT2D eigenvalue weighted by atomic mass is 10.0. The molecule has 0 aliphatic carbocycles. The molecule has 1 aliphatic rings. The lowest BCUT2D eigenvalue weighted by Gasteiger charge is -2.25. The molecule has 1 N–H and O–H groups in total. The summed E-state index contributed by atoms with van der Waals surface area (Å²) in [6, 6.07) is 10.9. The lowest BCUT2D eigenvalue weighted by Crippen LogP contribution is -2.32. The molecule has 26 heavy (non-hydrogen) atoms. The first-order valence-corrected chi connectivity index (χ1v) is 10.7. The van der Waals surface area contributed by atoms with E-state index in [4.69, 9.17) is 27.9 Å². The number of hydrogen-bond donors (Lipinski definition) is 1. The smallest absolute Gasteiger partial charge is 0.207 e. The normalized spacial score (nSPS) is 15.6. The molecule has 1 heterocycles. The van der Waals surface area contributed by atoms with E-state index < -0.39 is 11.2 Å². The maximum atomic E-state index is 12.9. The van der Waals surface area contributed by atoms with Crippen molar-refractivity contribution in [1.29, 1.82) is 0 Å². The van der Waals surface area contributed by atoms with Crippen LogP contribution in [0.25, 0.3) is 0 Å². The molecule has 0 bridgehead atoms. The van der Waals surface area contributed by atoms with E-state index in [1.54, 1.807) is 12.1 Å². The summed E-state index contributed by atoms with van der Waals surface area (Å²) in [5.41, 5.74) is 1.79. The van der Waals surface area contributed by atoms with E-state index in [1.807, 2.05) is 24.3 Å². The highest BCUT2D eigenvalue weighted by Gasteiger charge is 2.33. The van der Waals surface area contributed by atoms with Gasteiger partial charge in [-0.15, -0.1) is 23.2 Å². The van der Waals surface area contributed by atoms with Crippen LogP contribution < -0.4 is 4.74 Å². The molecule has 7 heteroatoms. The second-order valence-electron chi connectivity index (χ2n) is 6.01.